The quantitative estimate of drug-likeness (QED) is 0.152. The highest BCUT2D eigenvalue weighted by Crippen LogP contribution is 2.15. The molecule has 0 aliphatic rings. The fourth-order valence-electron chi connectivity index (χ4n) is 3.75. The number of nitro groups is 1. The molecule has 1 rings (SSSR count). The molecule has 6 heteroatoms. The van der Waals surface area contributed by atoms with Gasteiger partial charge >= 0.3 is 0 Å². The third kappa shape index (κ3) is 20.4. The van der Waals surface area contributed by atoms with E-state index >= 15 is 0 Å². The number of carboxylic acids is 1. The summed E-state index contributed by atoms with van der Waals surface area (Å²) in [7, 11) is 0. The predicted octanol–water partition coefficient (Wildman–Crippen LogP) is 6.08. The van der Waals surface area contributed by atoms with E-state index in [1.165, 1.54) is 103 Å². The van der Waals surface area contributed by atoms with E-state index in [1.807, 2.05) is 0 Å². The minimum Gasteiger partial charge on any atom is -0.545 e. The lowest BCUT2D eigenvalue weighted by Crippen LogP contribution is -2.50. The summed E-state index contributed by atoms with van der Waals surface area (Å²) in [6, 6.07) is 4.50. The molecule has 0 radical (unpaired) electrons. The van der Waals surface area contributed by atoms with Crippen molar-refractivity contribution in [3.63, 3.8) is 0 Å². The first kappa shape index (κ1) is 31.0. The number of carbonyl (C=O) groups is 1. The number of carbonyl (C=O) groups excluding carboxylic acids is 1. The number of hydrogen-bond donors (Lipinski definition) is 1. The average Bonchev–Trinajstić information content (AvgIpc) is 2.79. The van der Waals surface area contributed by atoms with Crippen LogP contribution in [-0.2, 0) is 0 Å². The van der Waals surface area contributed by atoms with Gasteiger partial charge in [-0.05, 0) is 36.5 Å². The lowest BCUT2D eigenvalue weighted by molar-refractivity contribution is -0.384. The van der Waals surface area contributed by atoms with Crippen LogP contribution in [-0.4, -0.2) is 17.4 Å². The highest BCUT2D eigenvalue weighted by Gasteiger charge is 2.03. The van der Waals surface area contributed by atoms with Crippen molar-refractivity contribution in [2.45, 2.75) is 117 Å². The first-order chi connectivity index (χ1) is 15.9. The smallest absolute Gasteiger partial charge is 0.269 e. The number of aromatic carboxylic acids is 1. The molecule has 0 fully saturated rings. The maximum atomic E-state index is 10.2. The second-order valence-corrected chi connectivity index (χ2v) is 9.43. The zero-order chi connectivity index (χ0) is 24.7. The van der Waals surface area contributed by atoms with Gasteiger partial charge in [-0.2, -0.15) is 0 Å². The number of nitrogens with zero attached hydrogens (tertiary/aromatic N) is 1. The van der Waals surface area contributed by atoms with Gasteiger partial charge in [0.2, 0.25) is 0 Å². The summed E-state index contributed by atoms with van der Waals surface area (Å²) in [5.41, 5.74) is 3.69. The van der Waals surface area contributed by atoms with Gasteiger partial charge in [0, 0.05) is 12.1 Å². The summed E-state index contributed by atoms with van der Waals surface area (Å²) < 4.78 is 0. The van der Waals surface area contributed by atoms with Gasteiger partial charge in [0.25, 0.3) is 5.69 Å². The van der Waals surface area contributed by atoms with Crippen LogP contribution in [0.2, 0.25) is 0 Å². The molecular formula is C27H48N2O4. The molecule has 0 spiro atoms. The van der Waals surface area contributed by atoms with E-state index in [0.29, 0.717) is 0 Å². The van der Waals surface area contributed by atoms with E-state index in [9.17, 15) is 20.0 Å². The average molecular weight is 465 g/mol. The maximum absolute atomic E-state index is 10.2. The van der Waals surface area contributed by atoms with Crippen LogP contribution in [0.15, 0.2) is 24.3 Å². The molecule has 33 heavy (non-hydrogen) atoms. The highest BCUT2D eigenvalue weighted by atomic mass is 16.6. The molecule has 1 aromatic carbocycles. The van der Waals surface area contributed by atoms with Crippen LogP contribution >= 0.6 is 0 Å². The summed E-state index contributed by atoms with van der Waals surface area (Å²) >= 11 is 0. The number of quaternary nitrogens is 1. The van der Waals surface area contributed by atoms with Crippen molar-refractivity contribution in [2.75, 3.05) is 6.54 Å². The van der Waals surface area contributed by atoms with Gasteiger partial charge in [0.15, 0.2) is 0 Å². The lowest BCUT2D eigenvalue weighted by atomic mass is 10.0. The number of benzene rings is 1. The predicted molar refractivity (Wildman–Crippen MR) is 134 cm³/mol. The van der Waals surface area contributed by atoms with Crippen molar-refractivity contribution in [1.29, 1.82) is 0 Å². The molecule has 0 amide bonds. The molecule has 6 nitrogen and oxygen atoms in total. The molecule has 0 heterocycles. The van der Waals surface area contributed by atoms with Gasteiger partial charge in [-0.25, -0.2) is 0 Å². The van der Waals surface area contributed by atoms with Crippen LogP contribution in [0.1, 0.15) is 127 Å². The molecule has 0 aliphatic carbocycles. The van der Waals surface area contributed by atoms with Crippen molar-refractivity contribution in [1.82, 2.24) is 0 Å². The standard InChI is InChI=1S/C20H43N.C7H5NO4/c1-20(2)18-16-14-12-10-8-6-4-3-5-7-9-11-13-15-17-19-21;9-7(10)5-1-3-6(4-2-5)8(11)12/h20H,3-19,21H2,1-2H3;1-4H,(H,9,10). The fourth-order valence-corrected chi connectivity index (χ4v) is 3.75. The molecule has 0 aromatic heterocycles. The number of rotatable bonds is 19. The van der Waals surface area contributed by atoms with Crippen LogP contribution < -0.4 is 10.8 Å². The lowest BCUT2D eigenvalue weighted by Gasteiger charge is -2.05. The Hall–Kier alpha value is -1.95. The third-order valence-corrected chi connectivity index (χ3v) is 5.85. The number of non-ortho nitro benzene ring substituents is 1. The summed E-state index contributed by atoms with van der Waals surface area (Å²) in [5.74, 6) is -0.446. The van der Waals surface area contributed by atoms with Crippen molar-refractivity contribution in [2.24, 2.45) is 5.92 Å². The summed E-state index contributed by atoms with van der Waals surface area (Å²) in [4.78, 5) is 19.7. The fraction of sp³-hybridized carbons (Fsp3) is 0.741. The minimum absolute atomic E-state index is 0.0689. The van der Waals surface area contributed by atoms with Crippen LogP contribution in [0.3, 0.4) is 0 Å². The Bertz CT molecular complexity index is 570. The van der Waals surface area contributed by atoms with Crippen molar-refractivity contribution >= 4 is 11.7 Å². The van der Waals surface area contributed by atoms with Gasteiger partial charge in [0.05, 0.1) is 17.4 Å². The van der Waals surface area contributed by atoms with Crippen LogP contribution in [0.25, 0.3) is 0 Å². The number of unbranched alkanes of at least 4 members (excludes halogenated alkanes) is 14. The van der Waals surface area contributed by atoms with E-state index in [-0.39, 0.29) is 11.3 Å². The van der Waals surface area contributed by atoms with Gasteiger partial charge in [-0.3, -0.25) is 10.1 Å². The van der Waals surface area contributed by atoms with Crippen LogP contribution in [0.5, 0.6) is 0 Å². The Morgan fingerprint density at radius 2 is 1.12 bits per heavy atom. The minimum atomic E-state index is -1.34. The SMILES string of the molecule is CC(C)CCCCCCCCCCCCCCCCC[NH3+].O=C([O-])c1ccc([N+](=O)[O-])cc1. The molecule has 0 atom stereocenters. The normalized spacial score (nSPS) is 10.7. The van der Waals surface area contributed by atoms with Crippen molar-refractivity contribution in [3.8, 4) is 0 Å². The van der Waals surface area contributed by atoms with Gasteiger partial charge in [-0.15, -0.1) is 0 Å². The Morgan fingerprint density at radius 1 is 0.758 bits per heavy atom. The third-order valence-electron chi connectivity index (χ3n) is 5.85. The summed E-state index contributed by atoms with van der Waals surface area (Å²) in [5, 5.41) is 20.3. The van der Waals surface area contributed by atoms with E-state index in [4.69, 9.17) is 0 Å². The van der Waals surface area contributed by atoms with E-state index in [0.717, 1.165) is 36.7 Å². The number of nitro benzene ring substituents is 1. The van der Waals surface area contributed by atoms with Gasteiger partial charge < -0.3 is 15.6 Å². The molecular weight excluding hydrogens is 416 g/mol. The van der Waals surface area contributed by atoms with E-state index < -0.39 is 10.9 Å². The Balaban J connectivity index is 0.000000716. The molecule has 3 N–H and O–H groups in total. The zero-order valence-corrected chi connectivity index (χ0v) is 21.2. The Kier molecular flexibility index (Phi) is 20.6. The van der Waals surface area contributed by atoms with Crippen molar-refractivity contribution in [3.05, 3.63) is 39.9 Å². The highest BCUT2D eigenvalue weighted by molar-refractivity contribution is 5.85. The first-order valence-corrected chi connectivity index (χ1v) is 13.1. The first-order valence-electron chi connectivity index (χ1n) is 13.1. The van der Waals surface area contributed by atoms with Crippen molar-refractivity contribution < 1.29 is 20.6 Å². The van der Waals surface area contributed by atoms with Gasteiger partial charge in [-0.1, -0.05) is 104 Å². The van der Waals surface area contributed by atoms with E-state index in [1.54, 1.807) is 0 Å². The molecule has 190 valence electrons. The number of hydrogen-bond acceptors (Lipinski definition) is 4. The van der Waals surface area contributed by atoms with Gasteiger partial charge in [0.1, 0.15) is 0 Å². The summed E-state index contributed by atoms with van der Waals surface area (Å²) in [6.45, 7) is 5.79. The van der Waals surface area contributed by atoms with Crippen LogP contribution in [0.4, 0.5) is 5.69 Å². The maximum Gasteiger partial charge on any atom is 0.269 e. The Morgan fingerprint density at radius 3 is 1.42 bits per heavy atom. The Labute approximate surface area is 201 Å². The molecule has 0 unspecified atom stereocenters. The molecule has 0 saturated heterocycles. The summed E-state index contributed by atoms with van der Waals surface area (Å²) in [6.07, 6.45) is 23.2. The zero-order valence-electron chi connectivity index (χ0n) is 21.2. The molecule has 0 aliphatic heterocycles. The molecule has 1 aromatic rings. The number of carboxylic acid groups (broad SMARTS) is 1. The monoisotopic (exact) mass is 464 g/mol. The van der Waals surface area contributed by atoms with Crippen LogP contribution in [0, 0.1) is 16.0 Å². The second kappa shape index (κ2) is 21.9. The van der Waals surface area contributed by atoms with E-state index in [2.05, 4.69) is 19.6 Å². The molecule has 0 saturated carbocycles. The second-order valence-electron chi connectivity index (χ2n) is 9.43. The largest absolute Gasteiger partial charge is 0.545 e. The topological polar surface area (TPSA) is 111 Å². The molecule has 0 bridgehead atoms.